The molecule has 6 nitrogen and oxygen atoms in total. The van der Waals surface area contributed by atoms with E-state index in [0.29, 0.717) is 14.0 Å². The molecule has 0 saturated carbocycles. The molecule has 0 bridgehead atoms. The molecular formula is C14H15NO5S2. The molecule has 1 heterocycles. The lowest BCUT2D eigenvalue weighted by Crippen LogP contribution is -2.99. The van der Waals surface area contributed by atoms with Crippen molar-refractivity contribution in [1.82, 2.24) is 0 Å². The molecule has 0 amide bonds. The Morgan fingerprint density at radius 2 is 2.14 bits per heavy atom. The lowest BCUT2D eigenvalue weighted by molar-refractivity contribution is -0.992. The van der Waals surface area contributed by atoms with Crippen molar-refractivity contribution in [2.24, 2.45) is 0 Å². The van der Waals surface area contributed by atoms with Crippen LogP contribution >= 0.6 is 23.1 Å². The van der Waals surface area contributed by atoms with Crippen molar-refractivity contribution in [2.45, 2.75) is 23.0 Å². The molecule has 8 heteroatoms. The van der Waals surface area contributed by atoms with Crippen molar-refractivity contribution < 1.29 is 25.1 Å². The van der Waals surface area contributed by atoms with Crippen LogP contribution in [0.25, 0.3) is 0 Å². The van der Waals surface area contributed by atoms with Gasteiger partial charge in [0.2, 0.25) is 0 Å². The van der Waals surface area contributed by atoms with Gasteiger partial charge in [-0.05, 0) is 19.9 Å². The van der Waals surface area contributed by atoms with Gasteiger partial charge in [0.05, 0.1) is 11.5 Å². The Labute approximate surface area is 135 Å². The number of benzene rings is 1. The molecule has 0 fully saturated rings. The summed E-state index contributed by atoms with van der Waals surface area (Å²) in [6.07, 6.45) is 0. The minimum absolute atomic E-state index is 0.141. The van der Waals surface area contributed by atoms with Crippen molar-refractivity contribution in [3.63, 3.8) is 0 Å². The van der Waals surface area contributed by atoms with Gasteiger partial charge in [-0.25, -0.2) is 10.0 Å². The lowest BCUT2D eigenvalue weighted by atomic mass is 10.2. The van der Waals surface area contributed by atoms with Crippen LogP contribution in [-0.2, 0) is 4.74 Å². The van der Waals surface area contributed by atoms with E-state index < -0.39 is 11.2 Å². The Balaban J connectivity index is 2.36. The maximum Gasteiger partial charge on any atom is 0.343 e. The number of esters is 1. The van der Waals surface area contributed by atoms with Crippen molar-refractivity contribution in [2.75, 3.05) is 6.61 Å². The first-order chi connectivity index (χ1) is 10.5. The minimum Gasteiger partial charge on any atom is -0.595 e. The molecule has 1 aromatic carbocycles. The van der Waals surface area contributed by atoms with Crippen LogP contribution in [0.5, 0.6) is 5.75 Å². The van der Waals surface area contributed by atoms with Crippen LogP contribution in [0.3, 0.4) is 0 Å². The van der Waals surface area contributed by atoms with Crippen LogP contribution in [0, 0.1) is 12.1 Å². The van der Waals surface area contributed by atoms with Gasteiger partial charge in [0.15, 0.2) is 11.4 Å². The number of carbonyl (C=O) groups excluding carboxylic acids is 1. The zero-order valence-corrected chi connectivity index (χ0v) is 13.6. The fraction of sp³-hybridized carbons (Fsp3) is 0.214. The normalized spacial score (nSPS) is 12.2. The highest BCUT2D eigenvalue weighted by Gasteiger charge is 2.24. The average molecular weight is 341 g/mol. The maximum atomic E-state index is 11.8. The number of hydrogen-bond donors (Lipinski definition) is 3. The number of aryl methyl sites for hydroxylation is 1. The number of ether oxygens (including phenoxy) is 1. The molecular weight excluding hydrogens is 326 g/mol. The van der Waals surface area contributed by atoms with E-state index in [1.807, 2.05) is 0 Å². The zero-order valence-electron chi connectivity index (χ0n) is 12.0. The Morgan fingerprint density at radius 1 is 1.45 bits per heavy atom. The van der Waals surface area contributed by atoms with Crippen LogP contribution in [0.2, 0.25) is 0 Å². The van der Waals surface area contributed by atoms with E-state index in [1.165, 1.54) is 17.4 Å². The molecule has 2 aromatic rings. The molecule has 0 spiro atoms. The van der Waals surface area contributed by atoms with Gasteiger partial charge in [0, 0.05) is 10.9 Å². The van der Waals surface area contributed by atoms with Crippen LogP contribution in [0.15, 0.2) is 33.4 Å². The summed E-state index contributed by atoms with van der Waals surface area (Å²) in [5.41, 5.74) is 0.290. The Hall–Kier alpha value is -1.58. The average Bonchev–Trinajstić information content (AvgIpc) is 2.74. The van der Waals surface area contributed by atoms with Gasteiger partial charge in [-0.15, -0.1) is 11.3 Å². The summed E-state index contributed by atoms with van der Waals surface area (Å²) < 4.78 is 5.39. The van der Waals surface area contributed by atoms with Gasteiger partial charge in [0.1, 0.15) is 9.77 Å². The molecule has 0 radical (unpaired) electrons. The van der Waals surface area contributed by atoms with Crippen molar-refractivity contribution >= 4 is 34.8 Å². The van der Waals surface area contributed by atoms with E-state index in [4.69, 9.17) is 4.74 Å². The minimum atomic E-state index is -1.04. The van der Waals surface area contributed by atoms with Crippen LogP contribution in [0.1, 0.15) is 22.2 Å². The van der Waals surface area contributed by atoms with Crippen LogP contribution < -0.4 is 5.23 Å². The largest absolute Gasteiger partial charge is 0.595 e. The molecule has 3 N–H and O–H groups in total. The smallest absolute Gasteiger partial charge is 0.343 e. The van der Waals surface area contributed by atoms with Gasteiger partial charge in [-0.2, -0.15) is 5.23 Å². The van der Waals surface area contributed by atoms with Gasteiger partial charge in [0.25, 0.3) is 0 Å². The van der Waals surface area contributed by atoms with Gasteiger partial charge in [-0.1, -0.05) is 23.9 Å². The SMILES string of the molecule is CCOC(=O)c1c(C)sc(Sc2ccccc2[NH+]([O-])O)c1O. The summed E-state index contributed by atoms with van der Waals surface area (Å²) in [4.78, 5) is 13.0. The number of carbonyl (C=O) groups is 1. The molecule has 0 saturated heterocycles. The molecule has 1 unspecified atom stereocenters. The molecule has 0 aliphatic rings. The third-order valence-corrected chi connectivity index (χ3v) is 5.17. The summed E-state index contributed by atoms with van der Waals surface area (Å²) in [5, 5.41) is 29.6. The highest BCUT2D eigenvalue weighted by molar-refractivity contribution is 8.01. The number of thiophene rings is 1. The first-order valence-electron chi connectivity index (χ1n) is 6.45. The predicted molar refractivity (Wildman–Crippen MR) is 83.0 cm³/mol. The topological polar surface area (TPSA) is 94.3 Å². The first-order valence-corrected chi connectivity index (χ1v) is 8.08. The maximum absolute atomic E-state index is 11.8. The van der Waals surface area contributed by atoms with Crippen molar-refractivity contribution in [3.8, 4) is 5.75 Å². The summed E-state index contributed by atoms with van der Waals surface area (Å²) in [5.74, 6) is -0.738. The molecule has 0 aliphatic heterocycles. The van der Waals surface area contributed by atoms with E-state index in [0.717, 1.165) is 11.8 Å². The fourth-order valence-corrected chi connectivity index (χ4v) is 4.23. The molecule has 1 aromatic heterocycles. The number of quaternary nitrogens is 1. The van der Waals surface area contributed by atoms with E-state index >= 15 is 0 Å². The first kappa shape index (κ1) is 16.8. The fourth-order valence-electron chi connectivity index (χ4n) is 1.85. The highest BCUT2D eigenvalue weighted by Crippen LogP contribution is 2.45. The molecule has 118 valence electrons. The second-order valence-corrected chi connectivity index (χ2v) is 6.83. The summed E-state index contributed by atoms with van der Waals surface area (Å²) in [7, 11) is 0. The van der Waals surface area contributed by atoms with Crippen LogP contribution in [0.4, 0.5) is 5.69 Å². The lowest BCUT2D eigenvalue weighted by Gasteiger charge is -2.14. The number of rotatable bonds is 5. The van der Waals surface area contributed by atoms with Gasteiger partial charge in [-0.3, -0.25) is 0 Å². The molecule has 0 aliphatic carbocycles. The van der Waals surface area contributed by atoms with E-state index in [2.05, 4.69) is 0 Å². The highest BCUT2D eigenvalue weighted by atomic mass is 32.2. The predicted octanol–water partition coefficient (Wildman–Crippen LogP) is 2.49. The molecule has 1 atom stereocenters. The standard InChI is InChI=1S/C14H15NO5S2/c1-3-20-13(17)11-8(2)21-14(12(11)16)22-10-7-5-4-6-9(10)15(18)19/h4-7,15-16,18H,3H2,1-2H3. The van der Waals surface area contributed by atoms with Crippen molar-refractivity contribution in [1.29, 1.82) is 0 Å². The second kappa shape index (κ2) is 7.12. The van der Waals surface area contributed by atoms with E-state index in [1.54, 1.807) is 32.0 Å². The Morgan fingerprint density at radius 3 is 2.77 bits per heavy atom. The summed E-state index contributed by atoms with van der Waals surface area (Å²) >= 11 is 2.35. The number of nitrogens with one attached hydrogen (secondary N) is 1. The third kappa shape index (κ3) is 3.42. The second-order valence-electron chi connectivity index (χ2n) is 4.29. The molecule has 2 rings (SSSR count). The number of hydrogen-bond acceptors (Lipinski definition) is 7. The van der Waals surface area contributed by atoms with Crippen molar-refractivity contribution in [3.05, 3.63) is 39.9 Å². The number of para-hydroxylation sites is 1. The van der Waals surface area contributed by atoms with E-state index in [-0.39, 0.29) is 23.6 Å². The monoisotopic (exact) mass is 341 g/mol. The summed E-state index contributed by atoms with van der Waals surface area (Å²) in [6.45, 7) is 3.62. The zero-order chi connectivity index (χ0) is 16.3. The Kier molecular flexibility index (Phi) is 5.43. The third-order valence-electron chi connectivity index (χ3n) is 2.83. The van der Waals surface area contributed by atoms with E-state index in [9.17, 15) is 20.3 Å². The molecule has 22 heavy (non-hydrogen) atoms. The van der Waals surface area contributed by atoms with Gasteiger partial charge < -0.3 is 15.1 Å². The number of aromatic hydroxyl groups is 1. The van der Waals surface area contributed by atoms with Gasteiger partial charge >= 0.3 is 5.97 Å². The van der Waals surface area contributed by atoms with Crippen LogP contribution in [-0.4, -0.2) is 22.9 Å². The quantitative estimate of drug-likeness (QED) is 0.571. The Bertz CT molecular complexity index is 684. The summed E-state index contributed by atoms with van der Waals surface area (Å²) in [6, 6.07) is 6.51.